The quantitative estimate of drug-likeness (QED) is 0.678. The number of aliphatic hydroxyl groups excluding tert-OH is 1. The topological polar surface area (TPSA) is 80.0 Å². The van der Waals surface area contributed by atoms with Crippen LogP contribution in [0.1, 0.15) is 51.0 Å². The molecule has 0 radical (unpaired) electrons. The highest BCUT2D eigenvalue weighted by Gasteiger charge is 2.25. The summed E-state index contributed by atoms with van der Waals surface area (Å²) < 4.78 is 1.86. The Bertz CT molecular complexity index is 1070. The number of hydrogen-bond acceptors (Lipinski definition) is 5. The Labute approximate surface area is 163 Å². The van der Waals surface area contributed by atoms with Crippen molar-refractivity contribution in [1.29, 1.82) is 0 Å². The van der Waals surface area contributed by atoms with E-state index < -0.39 is 0 Å². The Morgan fingerprint density at radius 1 is 1.04 bits per heavy atom. The summed E-state index contributed by atoms with van der Waals surface area (Å²) in [4.78, 5) is 22.7. The maximum Gasteiger partial charge on any atom is 0.260 e. The van der Waals surface area contributed by atoms with E-state index in [1.54, 1.807) is 0 Å². The van der Waals surface area contributed by atoms with Gasteiger partial charge in [-0.25, -0.2) is 4.98 Å². The molecule has 0 unspecified atom stereocenters. The van der Waals surface area contributed by atoms with Crippen LogP contribution >= 0.6 is 0 Å². The number of nitrogens with one attached hydrogen (secondary N) is 1. The summed E-state index contributed by atoms with van der Waals surface area (Å²) >= 11 is 0. The van der Waals surface area contributed by atoms with Gasteiger partial charge in [0.25, 0.3) is 5.56 Å². The highest BCUT2D eigenvalue weighted by molar-refractivity contribution is 6.04. The van der Waals surface area contributed by atoms with E-state index in [1.807, 2.05) is 35.0 Å². The number of aromatic nitrogens is 3. The number of fused-ring (bicyclic) bond motifs is 3. The molecule has 2 fully saturated rings. The van der Waals surface area contributed by atoms with Crippen LogP contribution in [0.4, 0.5) is 5.95 Å². The molecule has 3 aromatic rings. The van der Waals surface area contributed by atoms with Gasteiger partial charge in [0.2, 0.25) is 5.95 Å². The van der Waals surface area contributed by atoms with Crippen molar-refractivity contribution >= 4 is 27.8 Å². The van der Waals surface area contributed by atoms with E-state index in [4.69, 9.17) is 4.98 Å². The lowest BCUT2D eigenvalue weighted by Gasteiger charge is -2.28. The molecule has 2 aliphatic rings. The van der Waals surface area contributed by atoms with E-state index in [1.165, 1.54) is 19.3 Å². The van der Waals surface area contributed by atoms with Gasteiger partial charge in [0.1, 0.15) is 5.65 Å². The predicted octanol–water partition coefficient (Wildman–Crippen LogP) is 3.63. The lowest BCUT2D eigenvalue weighted by molar-refractivity contribution is 0.111. The molecular weight excluding hydrogens is 352 g/mol. The second-order valence-corrected chi connectivity index (χ2v) is 8.29. The molecule has 146 valence electrons. The van der Waals surface area contributed by atoms with Crippen molar-refractivity contribution in [3.63, 3.8) is 0 Å². The van der Waals surface area contributed by atoms with Gasteiger partial charge in [-0.15, -0.1) is 0 Å². The lowest BCUT2D eigenvalue weighted by Crippen LogP contribution is -2.30. The van der Waals surface area contributed by atoms with Gasteiger partial charge in [0.15, 0.2) is 0 Å². The molecule has 6 nitrogen and oxygen atoms in total. The third kappa shape index (κ3) is 3.05. The zero-order valence-electron chi connectivity index (χ0n) is 16.0. The van der Waals surface area contributed by atoms with Gasteiger partial charge in [-0.3, -0.25) is 9.36 Å². The summed E-state index contributed by atoms with van der Waals surface area (Å²) in [5.41, 5.74) is 0.712. The van der Waals surface area contributed by atoms with Crippen molar-refractivity contribution < 1.29 is 5.11 Å². The Balaban J connectivity index is 1.64. The molecule has 2 aromatic heterocycles. The van der Waals surface area contributed by atoms with Gasteiger partial charge in [0, 0.05) is 29.6 Å². The minimum absolute atomic E-state index is 0.00753. The lowest BCUT2D eigenvalue weighted by atomic mass is 9.85. The molecule has 2 heterocycles. The van der Waals surface area contributed by atoms with Gasteiger partial charge < -0.3 is 10.4 Å². The number of rotatable bonds is 4. The number of aliphatic hydroxyl groups is 1. The van der Waals surface area contributed by atoms with Crippen LogP contribution in [0.3, 0.4) is 0 Å². The van der Waals surface area contributed by atoms with Gasteiger partial charge in [-0.05, 0) is 55.9 Å². The van der Waals surface area contributed by atoms with Crippen LogP contribution in [0.15, 0.2) is 35.3 Å². The Hall–Kier alpha value is -2.47. The van der Waals surface area contributed by atoms with Crippen molar-refractivity contribution in [2.75, 3.05) is 11.9 Å². The van der Waals surface area contributed by atoms with Crippen molar-refractivity contribution in [3.8, 4) is 0 Å². The molecule has 5 rings (SSSR count). The Morgan fingerprint density at radius 3 is 2.50 bits per heavy atom. The highest BCUT2D eigenvalue weighted by Crippen LogP contribution is 2.32. The van der Waals surface area contributed by atoms with Gasteiger partial charge >= 0.3 is 0 Å². The molecule has 2 N–H and O–H groups in total. The molecular formula is C22H26N4O2. The van der Waals surface area contributed by atoms with Crippen molar-refractivity contribution in [3.05, 3.63) is 40.8 Å². The second kappa shape index (κ2) is 7.17. The largest absolute Gasteiger partial charge is 0.393 e. The van der Waals surface area contributed by atoms with Gasteiger partial charge in [-0.1, -0.05) is 24.6 Å². The Morgan fingerprint density at radius 2 is 1.79 bits per heavy atom. The minimum atomic E-state index is -0.256. The molecule has 0 amide bonds. The van der Waals surface area contributed by atoms with E-state index in [2.05, 4.69) is 10.3 Å². The molecule has 28 heavy (non-hydrogen) atoms. The standard InChI is InChI=1S/C22H26N4O2/c27-16-10-8-15(9-11-16)26-20-19(17-6-1-2-7-18(17)21(26)28)13-24-22(25-20)23-12-14-4-3-5-14/h1-2,6-7,13-16,27H,3-5,8-12H2,(H,23,24,25)/t15-,16-. The first-order valence-electron chi connectivity index (χ1n) is 10.4. The first-order chi connectivity index (χ1) is 13.7. The monoisotopic (exact) mass is 378 g/mol. The van der Waals surface area contributed by atoms with Crippen LogP contribution in [-0.2, 0) is 0 Å². The first-order valence-corrected chi connectivity index (χ1v) is 10.4. The number of benzene rings is 1. The summed E-state index contributed by atoms with van der Waals surface area (Å²) in [7, 11) is 0. The third-order valence-electron chi connectivity index (χ3n) is 6.47. The van der Waals surface area contributed by atoms with Gasteiger partial charge in [-0.2, -0.15) is 4.98 Å². The fourth-order valence-electron chi connectivity index (χ4n) is 4.55. The summed E-state index contributed by atoms with van der Waals surface area (Å²) in [5.74, 6) is 1.30. The average Bonchev–Trinajstić information content (AvgIpc) is 2.68. The van der Waals surface area contributed by atoms with E-state index in [-0.39, 0.29) is 17.7 Å². The average molecular weight is 378 g/mol. The van der Waals surface area contributed by atoms with Crippen molar-refractivity contribution in [2.45, 2.75) is 57.1 Å². The van der Waals surface area contributed by atoms with Crippen LogP contribution in [-0.4, -0.2) is 32.3 Å². The SMILES string of the molecule is O=c1c2ccccc2c2cnc(NCC3CCC3)nc2n1[C@H]1CC[C@H](O)CC1. The van der Waals surface area contributed by atoms with E-state index in [0.29, 0.717) is 22.9 Å². The molecule has 0 spiro atoms. The fraction of sp³-hybridized carbons (Fsp3) is 0.500. The maximum absolute atomic E-state index is 13.4. The number of anilines is 1. The zero-order chi connectivity index (χ0) is 19.1. The molecule has 0 atom stereocenters. The molecule has 0 aliphatic heterocycles. The van der Waals surface area contributed by atoms with Crippen LogP contribution in [0, 0.1) is 5.92 Å². The van der Waals surface area contributed by atoms with E-state index >= 15 is 0 Å². The molecule has 1 aromatic carbocycles. The molecule has 2 aliphatic carbocycles. The van der Waals surface area contributed by atoms with Crippen molar-refractivity contribution in [2.24, 2.45) is 5.92 Å². The molecule has 0 bridgehead atoms. The summed E-state index contributed by atoms with van der Waals surface area (Å²) in [6.07, 6.45) is 8.47. The smallest absolute Gasteiger partial charge is 0.260 e. The second-order valence-electron chi connectivity index (χ2n) is 8.29. The molecule has 0 saturated heterocycles. The van der Waals surface area contributed by atoms with Crippen LogP contribution in [0.25, 0.3) is 21.8 Å². The minimum Gasteiger partial charge on any atom is -0.393 e. The summed E-state index contributed by atoms with van der Waals surface area (Å²) in [5, 5.41) is 15.8. The van der Waals surface area contributed by atoms with Crippen LogP contribution in [0.5, 0.6) is 0 Å². The van der Waals surface area contributed by atoms with E-state index in [0.717, 1.165) is 43.0 Å². The first kappa shape index (κ1) is 17.6. The number of nitrogens with zero attached hydrogens (tertiary/aromatic N) is 3. The normalized spacial score (nSPS) is 23.0. The van der Waals surface area contributed by atoms with Crippen molar-refractivity contribution in [1.82, 2.24) is 14.5 Å². The van der Waals surface area contributed by atoms with Crippen LogP contribution in [0.2, 0.25) is 0 Å². The number of hydrogen-bond donors (Lipinski definition) is 2. The maximum atomic E-state index is 13.4. The molecule has 6 heteroatoms. The summed E-state index contributed by atoms with van der Waals surface area (Å²) in [6.45, 7) is 0.888. The fourth-order valence-corrected chi connectivity index (χ4v) is 4.55. The number of pyridine rings is 1. The zero-order valence-corrected chi connectivity index (χ0v) is 16.0. The van der Waals surface area contributed by atoms with E-state index in [9.17, 15) is 9.90 Å². The third-order valence-corrected chi connectivity index (χ3v) is 6.47. The highest BCUT2D eigenvalue weighted by atomic mass is 16.3. The van der Waals surface area contributed by atoms with Crippen LogP contribution < -0.4 is 10.9 Å². The summed E-state index contributed by atoms with van der Waals surface area (Å²) in [6, 6.07) is 7.77. The van der Waals surface area contributed by atoms with Gasteiger partial charge in [0.05, 0.1) is 6.10 Å². The Kier molecular flexibility index (Phi) is 4.51. The predicted molar refractivity (Wildman–Crippen MR) is 111 cm³/mol. The molecule has 2 saturated carbocycles.